The molecule has 0 aliphatic carbocycles. The molecule has 0 unspecified atom stereocenters. The molecule has 0 saturated carbocycles. The van der Waals surface area contributed by atoms with Crippen molar-refractivity contribution in [2.75, 3.05) is 0 Å². The van der Waals surface area contributed by atoms with Crippen LogP contribution in [0.2, 0.25) is 0 Å². The lowest BCUT2D eigenvalue weighted by molar-refractivity contribution is 0.303. The Morgan fingerprint density at radius 3 is 2.53 bits per heavy atom. The van der Waals surface area contributed by atoms with Gasteiger partial charge in [0.25, 0.3) is 0 Å². The molecule has 0 fully saturated rings. The van der Waals surface area contributed by atoms with Gasteiger partial charge < -0.3 is 4.74 Å². The molecule has 0 bridgehead atoms. The van der Waals surface area contributed by atoms with Crippen molar-refractivity contribution in [3.8, 4) is 5.75 Å². The van der Waals surface area contributed by atoms with Gasteiger partial charge in [-0.3, -0.25) is 0 Å². The summed E-state index contributed by atoms with van der Waals surface area (Å²) in [4.78, 5) is 0. The highest BCUT2D eigenvalue weighted by atomic mass is 79.9. The molecule has 0 N–H and O–H groups in total. The zero-order valence-electron chi connectivity index (χ0n) is 10.0. The first-order valence-corrected chi connectivity index (χ1v) is 6.39. The molecule has 17 heavy (non-hydrogen) atoms. The number of hydrogen-bond donors (Lipinski definition) is 0. The van der Waals surface area contributed by atoms with Crippen LogP contribution in [0.5, 0.6) is 5.75 Å². The van der Waals surface area contributed by atoms with E-state index in [1.165, 1.54) is 11.1 Å². The summed E-state index contributed by atoms with van der Waals surface area (Å²) in [6.07, 6.45) is 0. The maximum atomic E-state index is 5.81. The molecule has 0 amide bonds. The SMILES string of the molecule is Cc1ccc(COc2ccccc2C)c(Br)c1. The molecule has 0 heterocycles. The molecule has 2 rings (SSSR count). The second-order valence-corrected chi connectivity index (χ2v) is 5.00. The van der Waals surface area contributed by atoms with Crippen molar-refractivity contribution in [3.05, 3.63) is 63.6 Å². The van der Waals surface area contributed by atoms with E-state index in [2.05, 4.69) is 54.0 Å². The Balaban J connectivity index is 2.10. The summed E-state index contributed by atoms with van der Waals surface area (Å²) in [5, 5.41) is 0. The van der Waals surface area contributed by atoms with Crippen LogP contribution in [0.1, 0.15) is 16.7 Å². The smallest absolute Gasteiger partial charge is 0.122 e. The fourth-order valence-electron chi connectivity index (χ4n) is 1.64. The average molecular weight is 291 g/mol. The van der Waals surface area contributed by atoms with Crippen molar-refractivity contribution in [2.45, 2.75) is 20.5 Å². The zero-order valence-corrected chi connectivity index (χ0v) is 11.6. The average Bonchev–Trinajstić information content (AvgIpc) is 2.30. The Morgan fingerprint density at radius 1 is 1.06 bits per heavy atom. The van der Waals surface area contributed by atoms with Gasteiger partial charge in [-0.25, -0.2) is 0 Å². The molecule has 0 spiro atoms. The van der Waals surface area contributed by atoms with Gasteiger partial charge in [0, 0.05) is 10.0 Å². The summed E-state index contributed by atoms with van der Waals surface area (Å²) < 4.78 is 6.92. The second kappa shape index (κ2) is 5.37. The van der Waals surface area contributed by atoms with E-state index in [0.717, 1.165) is 15.8 Å². The van der Waals surface area contributed by atoms with Gasteiger partial charge in [0.2, 0.25) is 0 Å². The molecule has 2 aromatic rings. The highest BCUT2D eigenvalue weighted by molar-refractivity contribution is 9.10. The van der Waals surface area contributed by atoms with Crippen molar-refractivity contribution in [1.82, 2.24) is 0 Å². The minimum atomic E-state index is 0.589. The molecular weight excluding hydrogens is 276 g/mol. The van der Waals surface area contributed by atoms with Crippen LogP contribution in [0.15, 0.2) is 46.9 Å². The molecule has 0 radical (unpaired) electrons. The number of para-hydroxylation sites is 1. The van der Waals surface area contributed by atoms with E-state index in [0.29, 0.717) is 6.61 Å². The van der Waals surface area contributed by atoms with Gasteiger partial charge in [-0.1, -0.05) is 46.3 Å². The number of hydrogen-bond acceptors (Lipinski definition) is 1. The summed E-state index contributed by atoms with van der Waals surface area (Å²) in [7, 11) is 0. The topological polar surface area (TPSA) is 9.23 Å². The van der Waals surface area contributed by atoms with E-state index < -0.39 is 0 Å². The van der Waals surface area contributed by atoms with Gasteiger partial charge in [-0.15, -0.1) is 0 Å². The Kier molecular flexibility index (Phi) is 3.85. The molecule has 2 heteroatoms. The van der Waals surface area contributed by atoms with E-state index >= 15 is 0 Å². The second-order valence-electron chi connectivity index (χ2n) is 4.15. The van der Waals surface area contributed by atoms with Gasteiger partial charge in [-0.2, -0.15) is 0 Å². The predicted molar refractivity (Wildman–Crippen MR) is 74.4 cm³/mol. The Hall–Kier alpha value is -1.28. The van der Waals surface area contributed by atoms with Crippen LogP contribution in [-0.4, -0.2) is 0 Å². The fraction of sp³-hybridized carbons (Fsp3) is 0.200. The van der Waals surface area contributed by atoms with Crippen molar-refractivity contribution in [2.24, 2.45) is 0 Å². The van der Waals surface area contributed by atoms with Crippen molar-refractivity contribution < 1.29 is 4.74 Å². The molecule has 0 aliphatic rings. The summed E-state index contributed by atoms with van der Waals surface area (Å²) >= 11 is 3.56. The number of aryl methyl sites for hydroxylation is 2. The normalized spacial score (nSPS) is 10.3. The maximum absolute atomic E-state index is 5.81. The maximum Gasteiger partial charge on any atom is 0.122 e. The van der Waals surface area contributed by atoms with Crippen LogP contribution in [0.4, 0.5) is 0 Å². The molecule has 1 nitrogen and oxygen atoms in total. The van der Waals surface area contributed by atoms with E-state index in [9.17, 15) is 0 Å². The minimum Gasteiger partial charge on any atom is -0.489 e. The molecule has 0 saturated heterocycles. The fourth-order valence-corrected chi connectivity index (χ4v) is 2.25. The lowest BCUT2D eigenvalue weighted by Gasteiger charge is -2.10. The van der Waals surface area contributed by atoms with Crippen LogP contribution in [0, 0.1) is 13.8 Å². The predicted octanol–water partition coefficient (Wildman–Crippen LogP) is 4.64. The summed E-state index contributed by atoms with van der Waals surface area (Å²) in [5.74, 6) is 0.944. The van der Waals surface area contributed by atoms with E-state index in [1.54, 1.807) is 0 Å². The van der Waals surface area contributed by atoms with Crippen LogP contribution in [0.25, 0.3) is 0 Å². The standard InChI is InChI=1S/C15H15BrO/c1-11-7-8-13(14(16)9-11)10-17-15-6-4-3-5-12(15)2/h3-9H,10H2,1-2H3. The van der Waals surface area contributed by atoms with E-state index in [-0.39, 0.29) is 0 Å². The van der Waals surface area contributed by atoms with Gasteiger partial charge in [-0.05, 0) is 37.1 Å². The monoisotopic (exact) mass is 290 g/mol. The number of ether oxygens (including phenoxy) is 1. The zero-order chi connectivity index (χ0) is 12.3. The highest BCUT2D eigenvalue weighted by Gasteiger charge is 2.02. The van der Waals surface area contributed by atoms with Crippen LogP contribution in [0.3, 0.4) is 0 Å². The summed E-state index contributed by atoms with van der Waals surface area (Å²) in [5.41, 5.74) is 3.58. The van der Waals surface area contributed by atoms with E-state index in [1.807, 2.05) is 18.2 Å². The third-order valence-corrected chi connectivity index (χ3v) is 3.42. The number of benzene rings is 2. The number of halogens is 1. The van der Waals surface area contributed by atoms with Gasteiger partial charge >= 0.3 is 0 Å². The first kappa shape index (κ1) is 12.2. The van der Waals surface area contributed by atoms with Crippen LogP contribution < -0.4 is 4.74 Å². The molecule has 0 atom stereocenters. The summed E-state index contributed by atoms with van der Waals surface area (Å²) in [6, 6.07) is 14.4. The lowest BCUT2D eigenvalue weighted by Crippen LogP contribution is -1.98. The van der Waals surface area contributed by atoms with Gasteiger partial charge in [0.05, 0.1) is 0 Å². The lowest BCUT2D eigenvalue weighted by atomic mass is 10.1. The molecule has 0 aliphatic heterocycles. The van der Waals surface area contributed by atoms with Crippen LogP contribution >= 0.6 is 15.9 Å². The minimum absolute atomic E-state index is 0.589. The van der Waals surface area contributed by atoms with Crippen molar-refractivity contribution >= 4 is 15.9 Å². The quantitative estimate of drug-likeness (QED) is 0.800. The first-order chi connectivity index (χ1) is 8.16. The third-order valence-electron chi connectivity index (χ3n) is 2.69. The Bertz CT molecular complexity index is 520. The van der Waals surface area contributed by atoms with Crippen molar-refractivity contribution in [1.29, 1.82) is 0 Å². The largest absolute Gasteiger partial charge is 0.489 e. The molecule has 0 aromatic heterocycles. The Morgan fingerprint density at radius 2 is 1.82 bits per heavy atom. The van der Waals surface area contributed by atoms with Gasteiger partial charge in [0.15, 0.2) is 0 Å². The molecule has 88 valence electrons. The Labute approximate surface area is 111 Å². The summed E-state index contributed by atoms with van der Waals surface area (Å²) in [6.45, 7) is 4.72. The number of rotatable bonds is 3. The third kappa shape index (κ3) is 3.10. The van der Waals surface area contributed by atoms with E-state index in [4.69, 9.17) is 4.74 Å². The first-order valence-electron chi connectivity index (χ1n) is 5.60. The molecular formula is C15H15BrO. The highest BCUT2D eigenvalue weighted by Crippen LogP contribution is 2.22. The van der Waals surface area contributed by atoms with Crippen molar-refractivity contribution in [3.63, 3.8) is 0 Å². The van der Waals surface area contributed by atoms with Gasteiger partial charge in [0.1, 0.15) is 12.4 Å². The molecule has 2 aromatic carbocycles. The van der Waals surface area contributed by atoms with Crippen LogP contribution in [-0.2, 0) is 6.61 Å².